The maximum Gasteiger partial charge on any atom is 0.331 e. The van der Waals surface area contributed by atoms with E-state index in [9.17, 15) is 9.59 Å². The zero-order chi connectivity index (χ0) is 27.9. The van der Waals surface area contributed by atoms with E-state index in [1.807, 2.05) is 6.07 Å². The van der Waals surface area contributed by atoms with Crippen LogP contribution in [0.25, 0.3) is 11.1 Å². The normalized spacial score (nSPS) is 17.6. The number of benzene rings is 2. The Balaban J connectivity index is 2.20. The Morgan fingerprint density at radius 2 is 1.58 bits per heavy atom. The molecule has 8 nitrogen and oxygen atoms in total. The van der Waals surface area contributed by atoms with Gasteiger partial charge in [0.2, 0.25) is 0 Å². The standard InChI is InChI=1S/C30H40N4O4/c1-7-9-15-32-30(29(31)10-8-2)26-16-19(3)11-13-24(26)25-14-12-23(18-27(25)30)28(34-38-22(6)36)17-20(4)33-37-21(5)35/h11-14,16,18,29,32H,7-10,15,17,31H2,1-6H3/b33-20+,34-28+. The number of nitrogens with two attached hydrogens (primary N) is 1. The Hall–Kier alpha value is -3.36. The van der Waals surface area contributed by atoms with Gasteiger partial charge in [-0.2, -0.15) is 0 Å². The van der Waals surface area contributed by atoms with Gasteiger partial charge in [0.05, 0.1) is 17.0 Å². The lowest BCUT2D eigenvalue weighted by atomic mass is 9.78. The van der Waals surface area contributed by atoms with Crippen LogP contribution in [0.5, 0.6) is 0 Å². The molecule has 0 amide bonds. The monoisotopic (exact) mass is 520 g/mol. The molecule has 0 bridgehead atoms. The molecule has 0 aliphatic heterocycles. The van der Waals surface area contributed by atoms with Gasteiger partial charge in [0.15, 0.2) is 0 Å². The number of carbonyl (C=O) groups excluding carboxylic acids is 2. The number of nitrogens with one attached hydrogen (secondary N) is 1. The number of rotatable bonds is 12. The van der Waals surface area contributed by atoms with E-state index < -0.39 is 17.5 Å². The topological polar surface area (TPSA) is 115 Å². The molecule has 0 heterocycles. The second-order valence-corrected chi connectivity index (χ2v) is 10.00. The van der Waals surface area contributed by atoms with Crippen molar-refractivity contribution in [1.82, 2.24) is 5.32 Å². The molecular weight excluding hydrogens is 480 g/mol. The molecule has 1 aliphatic carbocycles. The number of carbonyl (C=O) groups is 2. The average molecular weight is 521 g/mol. The van der Waals surface area contributed by atoms with Gasteiger partial charge in [-0.1, -0.05) is 72.9 Å². The van der Waals surface area contributed by atoms with E-state index in [2.05, 4.69) is 66.7 Å². The van der Waals surface area contributed by atoms with Crippen LogP contribution < -0.4 is 11.1 Å². The third kappa shape index (κ3) is 6.37. The van der Waals surface area contributed by atoms with Crippen molar-refractivity contribution < 1.29 is 19.3 Å². The highest BCUT2D eigenvalue weighted by molar-refractivity contribution is 6.12. The molecule has 2 atom stereocenters. The smallest absolute Gasteiger partial charge is 0.326 e. The summed E-state index contributed by atoms with van der Waals surface area (Å²) in [6.45, 7) is 11.6. The summed E-state index contributed by atoms with van der Waals surface area (Å²) in [5.41, 5.74) is 14.0. The summed E-state index contributed by atoms with van der Waals surface area (Å²) >= 11 is 0. The first kappa shape index (κ1) is 29.2. The summed E-state index contributed by atoms with van der Waals surface area (Å²) < 4.78 is 0. The highest BCUT2D eigenvalue weighted by Gasteiger charge is 2.47. The molecule has 0 saturated heterocycles. The number of aryl methyl sites for hydroxylation is 1. The summed E-state index contributed by atoms with van der Waals surface area (Å²) in [7, 11) is 0. The fourth-order valence-electron chi connectivity index (χ4n) is 5.08. The lowest BCUT2D eigenvalue weighted by Crippen LogP contribution is -2.55. The Morgan fingerprint density at radius 1 is 0.947 bits per heavy atom. The van der Waals surface area contributed by atoms with Gasteiger partial charge >= 0.3 is 11.9 Å². The van der Waals surface area contributed by atoms with Gasteiger partial charge < -0.3 is 20.7 Å². The largest absolute Gasteiger partial charge is 0.331 e. The van der Waals surface area contributed by atoms with E-state index in [0.29, 0.717) is 11.4 Å². The molecule has 3 rings (SSSR count). The van der Waals surface area contributed by atoms with E-state index in [-0.39, 0.29) is 12.5 Å². The van der Waals surface area contributed by atoms with Crippen molar-refractivity contribution in [2.75, 3.05) is 6.54 Å². The first-order valence-corrected chi connectivity index (χ1v) is 13.4. The molecule has 1 aliphatic rings. The average Bonchev–Trinajstić information content (AvgIpc) is 3.14. The van der Waals surface area contributed by atoms with Crippen molar-refractivity contribution in [3.63, 3.8) is 0 Å². The molecule has 3 N–H and O–H groups in total. The zero-order valence-electron chi connectivity index (χ0n) is 23.4. The predicted octanol–water partition coefficient (Wildman–Crippen LogP) is 5.33. The number of fused-ring (bicyclic) bond motifs is 3. The molecule has 0 saturated carbocycles. The lowest BCUT2D eigenvalue weighted by Gasteiger charge is -2.39. The second kappa shape index (κ2) is 12.9. The van der Waals surface area contributed by atoms with Crippen molar-refractivity contribution in [3.05, 3.63) is 58.7 Å². The van der Waals surface area contributed by atoms with Crippen LogP contribution in [0, 0.1) is 6.92 Å². The first-order chi connectivity index (χ1) is 18.1. The third-order valence-electron chi connectivity index (χ3n) is 6.80. The zero-order valence-corrected chi connectivity index (χ0v) is 23.4. The molecule has 38 heavy (non-hydrogen) atoms. The first-order valence-electron chi connectivity index (χ1n) is 13.4. The van der Waals surface area contributed by atoms with E-state index in [1.165, 1.54) is 30.5 Å². The van der Waals surface area contributed by atoms with E-state index >= 15 is 0 Å². The minimum absolute atomic E-state index is 0.164. The number of hydrogen-bond donors (Lipinski definition) is 2. The van der Waals surface area contributed by atoms with Crippen LogP contribution in [0.2, 0.25) is 0 Å². The molecule has 204 valence electrons. The van der Waals surface area contributed by atoms with Crippen molar-refractivity contribution in [3.8, 4) is 11.1 Å². The van der Waals surface area contributed by atoms with Gasteiger partial charge in [0.1, 0.15) is 0 Å². The summed E-state index contributed by atoms with van der Waals surface area (Å²) in [6, 6.07) is 12.5. The van der Waals surface area contributed by atoms with E-state index in [4.69, 9.17) is 15.4 Å². The fourth-order valence-corrected chi connectivity index (χ4v) is 5.08. The van der Waals surface area contributed by atoms with Gasteiger partial charge in [-0.3, -0.25) is 0 Å². The second-order valence-electron chi connectivity index (χ2n) is 10.00. The van der Waals surface area contributed by atoms with Crippen molar-refractivity contribution in [1.29, 1.82) is 0 Å². The van der Waals surface area contributed by atoms with Crippen LogP contribution in [-0.4, -0.2) is 35.9 Å². The predicted molar refractivity (Wildman–Crippen MR) is 151 cm³/mol. The maximum atomic E-state index is 11.6. The molecule has 0 fully saturated rings. The van der Waals surface area contributed by atoms with Crippen molar-refractivity contribution in [2.24, 2.45) is 16.0 Å². The summed E-state index contributed by atoms with van der Waals surface area (Å²) in [4.78, 5) is 32.7. The SMILES string of the molecule is CCCCNC1(C(N)CCC)c2cc(C)ccc2-c2ccc(/C(C/C(C)=N/OC(C)=O)=N/OC(C)=O)cc21. The van der Waals surface area contributed by atoms with Gasteiger partial charge in [-0.15, -0.1) is 0 Å². The Morgan fingerprint density at radius 3 is 2.21 bits per heavy atom. The number of unbranched alkanes of at least 4 members (excludes halogenated alkanes) is 1. The Kier molecular flexibility index (Phi) is 9.94. The van der Waals surface area contributed by atoms with Crippen molar-refractivity contribution in [2.45, 2.75) is 85.2 Å². The van der Waals surface area contributed by atoms with Gasteiger partial charge in [0, 0.05) is 31.9 Å². The highest BCUT2D eigenvalue weighted by Crippen LogP contribution is 2.50. The number of nitrogens with zero attached hydrogens (tertiary/aromatic N) is 2. The minimum Gasteiger partial charge on any atom is -0.326 e. The molecule has 2 unspecified atom stereocenters. The molecular formula is C30H40N4O4. The molecule has 0 radical (unpaired) electrons. The van der Waals surface area contributed by atoms with Crippen LogP contribution in [0.4, 0.5) is 0 Å². The number of hydrogen-bond acceptors (Lipinski definition) is 8. The Labute approximate surface area is 225 Å². The summed E-state index contributed by atoms with van der Waals surface area (Å²) in [6.07, 6.45) is 4.13. The Bertz CT molecular complexity index is 1240. The van der Waals surface area contributed by atoms with E-state index in [0.717, 1.165) is 48.9 Å². The minimum atomic E-state index is -0.578. The molecule has 2 aromatic carbocycles. The van der Waals surface area contributed by atoms with Gasteiger partial charge in [-0.25, -0.2) is 9.59 Å². The van der Waals surface area contributed by atoms with Crippen molar-refractivity contribution >= 4 is 23.4 Å². The molecule has 0 spiro atoms. The summed E-state index contributed by atoms with van der Waals surface area (Å²) in [5, 5.41) is 11.9. The fraction of sp³-hybridized carbons (Fsp3) is 0.467. The van der Waals surface area contributed by atoms with E-state index in [1.54, 1.807) is 6.92 Å². The quantitative estimate of drug-likeness (QED) is 0.169. The van der Waals surface area contributed by atoms with Gasteiger partial charge in [0.25, 0.3) is 0 Å². The summed E-state index contributed by atoms with van der Waals surface area (Å²) in [5.74, 6) is -1.04. The van der Waals surface area contributed by atoms with Crippen LogP contribution in [0.15, 0.2) is 46.7 Å². The lowest BCUT2D eigenvalue weighted by molar-refractivity contribution is -0.141. The van der Waals surface area contributed by atoms with Gasteiger partial charge in [-0.05, 0) is 61.6 Å². The third-order valence-corrected chi connectivity index (χ3v) is 6.80. The highest BCUT2D eigenvalue weighted by atomic mass is 16.7. The van der Waals surface area contributed by atoms with Crippen LogP contribution in [-0.2, 0) is 24.8 Å². The molecule has 8 heteroatoms. The van der Waals surface area contributed by atoms with Crippen LogP contribution in [0.3, 0.4) is 0 Å². The molecule has 2 aromatic rings. The van der Waals surface area contributed by atoms with Crippen LogP contribution >= 0.6 is 0 Å². The maximum absolute atomic E-state index is 11.6. The number of oxime groups is 2. The van der Waals surface area contributed by atoms with Crippen LogP contribution in [0.1, 0.15) is 89.0 Å². The molecule has 0 aromatic heterocycles.